The average molecular weight is 541 g/mol. The van der Waals surface area contributed by atoms with Gasteiger partial charge in [0.05, 0.1) is 12.5 Å². The number of carbonyl (C=O) groups excluding carboxylic acids is 1. The molecule has 1 unspecified atom stereocenters. The second kappa shape index (κ2) is 12.7. The molecule has 7 nitrogen and oxygen atoms in total. The minimum atomic E-state index is -0.894. The summed E-state index contributed by atoms with van der Waals surface area (Å²) < 4.78 is 0. The van der Waals surface area contributed by atoms with Gasteiger partial charge in [-0.05, 0) is 84.0 Å². The Labute approximate surface area is 234 Å². The van der Waals surface area contributed by atoms with E-state index in [1.54, 1.807) is 12.1 Å². The van der Waals surface area contributed by atoms with E-state index in [-0.39, 0.29) is 41.7 Å². The van der Waals surface area contributed by atoms with Crippen LogP contribution in [-0.4, -0.2) is 38.4 Å². The molecule has 0 heterocycles. The van der Waals surface area contributed by atoms with Crippen LogP contribution in [0.5, 0.6) is 17.2 Å². The van der Waals surface area contributed by atoms with Crippen LogP contribution in [-0.2, 0) is 24.2 Å². The summed E-state index contributed by atoms with van der Waals surface area (Å²) in [6.45, 7) is 4.73. The largest absolute Gasteiger partial charge is 0.508 e. The third kappa shape index (κ3) is 8.33. The van der Waals surface area contributed by atoms with Crippen molar-refractivity contribution in [2.24, 2.45) is 0 Å². The maximum atomic E-state index is 12.7. The van der Waals surface area contributed by atoms with E-state index >= 15 is 0 Å². The van der Waals surface area contributed by atoms with Crippen LogP contribution in [0.25, 0.3) is 11.1 Å². The Morgan fingerprint density at radius 2 is 1.40 bits per heavy atom. The molecule has 1 atom stereocenters. The lowest BCUT2D eigenvalue weighted by Gasteiger charge is -2.28. The summed E-state index contributed by atoms with van der Waals surface area (Å²) in [4.78, 5) is 12.7. The minimum absolute atomic E-state index is 0.0675. The highest BCUT2D eigenvalue weighted by Gasteiger charge is 2.21. The molecule has 6 N–H and O–H groups in total. The van der Waals surface area contributed by atoms with E-state index in [1.165, 1.54) is 18.2 Å². The molecule has 0 bridgehead atoms. The number of hydrogen-bond donors (Lipinski definition) is 6. The quantitative estimate of drug-likeness (QED) is 0.160. The first-order valence-electron chi connectivity index (χ1n) is 13.3. The zero-order valence-electron chi connectivity index (χ0n) is 22.8. The van der Waals surface area contributed by atoms with Gasteiger partial charge >= 0.3 is 0 Å². The molecule has 0 saturated carbocycles. The Morgan fingerprint density at radius 1 is 0.750 bits per heavy atom. The first kappa shape index (κ1) is 28.7. The number of phenolic OH excluding ortho intramolecular Hbond substituents is 3. The Balaban J connectivity index is 1.29. The molecule has 0 spiro atoms. The number of nitrogens with one attached hydrogen (secondary N) is 2. The molecule has 40 heavy (non-hydrogen) atoms. The van der Waals surface area contributed by atoms with Crippen LogP contribution in [0.15, 0.2) is 91.0 Å². The number of aliphatic hydroxyl groups excluding tert-OH is 1. The molecule has 4 rings (SSSR count). The molecule has 4 aromatic rings. The second-order valence-electron chi connectivity index (χ2n) is 10.8. The summed E-state index contributed by atoms with van der Waals surface area (Å²) in [5.41, 5.74) is 5.05. The van der Waals surface area contributed by atoms with E-state index in [0.717, 1.165) is 27.8 Å². The van der Waals surface area contributed by atoms with Crippen molar-refractivity contribution in [3.05, 3.63) is 113 Å². The molecule has 208 valence electrons. The van der Waals surface area contributed by atoms with Crippen LogP contribution < -0.4 is 10.6 Å². The highest BCUT2D eigenvalue weighted by atomic mass is 16.3. The van der Waals surface area contributed by atoms with Crippen molar-refractivity contribution in [1.29, 1.82) is 0 Å². The lowest BCUT2D eigenvalue weighted by atomic mass is 9.93. The topological polar surface area (TPSA) is 122 Å². The van der Waals surface area contributed by atoms with E-state index in [9.17, 15) is 25.2 Å². The van der Waals surface area contributed by atoms with Crippen LogP contribution in [0.2, 0.25) is 0 Å². The third-order valence-corrected chi connectivity index (χ3v) is 6.70. The van der Waals surface area contributed by atoms with Crippen molar-refractivity contribution in [1.82, 2.24) is 10.6 Å². The monoisotopic (exact) mass is 540 g/mol. The van der Waals surface area contributed by atoms with Gasteiger partial charge in [0.1, 0.15) is 17.2 Å². The molecule has 0 saturated heterocycles. The van der Waals surface area contributed by atoms with Gasteiger partial charge in [0.2, 0.25) is 5.91 Å². The summed E-state index contributed by atoms with van der Waals surface area (Å²) in [7, 11) is 0. The highest BCUT2D eigenvalue weighted by molar-refractivity contribution is 5.78. The van der Waals surface area contributed by atoms with Crippen LogP contribution in [0.1, 0.15) is 42.2 Å². The fraction of sp³-hybridized carbons (Fsp3) is 0.242. The lowest BCUT2D eigenvalue weighted by molar-refractivity contribution is -0.120. The molecular formula is C33H36N2O5. The van der Waals surface area contributed by atoms with Crippen LogP contribution in [0, 0.1) is 0 Å². The fourth-order valence-electron chi connectivity index (χ4n) is 4.69. The molecule has 7 heteroatoms. The normalized spacial score (nSPS) is 12.2. The molecular weight excluding hydrogens is 504 g/mol. The van der Waals surface area contributed by atoms with Crippen LogP contribution >= 0.6 is 0 Å². The molecule has 0 aliphatic heterocycles. The smallest absolute Gasteiger partial charge is 0.224 e. The number of rotatable bonds is 11. The van der Waals surface area contributed by atoms with Gasteiger partial charge in [-0.3, -0.25) is 4.79 Å². The number of β-amino-alcohol motifs (C(OH)–C–C–N with tert-alkyl or cyclic N) is 1. The molecule has 0 aliphatic rings. The summed E-state index contributed by atoms with van der Waals surface area (Å²) in [5, 5.41) is 45.8. The molecule has 0 radical (unpaired) electrons. The zero-order valence-corrected chi connectivity index (χ0v) is 22.8. The lowest BCUT2D eigenvalue weighted by Crippen LogP contribution is -2.43. The number of benzene rings is 4. The third-order valence-electron chi connectivity index (χ3n) is 6.70. The standard InChI is InChI=1S/C33H36N2O5/c1-33(2,35-21-31(39)27-16-29(37)18-30(38)17-27)19-23-6-3-5-22(13-23)15-32(40)34-20-24-7-4-8-26(14-24)25-9-11-28(36)12-10-25/h3-14,16-18,31,35-39H,15,19-21H2,1-2H3,(H,34,40). The number of aromatic hydroxyl groups is 3. The number of amides is 1. The van der Waals surface area contributed by atoms with Gasteiger partial charge in [-0.2, -0.15) is 0 Å². The summed E-state index contributed by atoms with van der Waals surface area (Å²) in [6, 6.07) is 27.0. The van der Waals surface area contributed by atoms with Gasteiger partial charge in [-0.15, -0.1) is 0 Å². The number of phenols is 3. The zero-order chi connectivity index (χ0) is 28.7. The van der Waals surface area contributed by atoms with Gasteiger partial charge < -0.3 is 31.1 Å². The predicted molar refractivity (Wildman–Crippen MR) is 156 cm³/mol. The van der Waals surface area contributed by atoms with Gasteiger partial charge in [0, 0.05) is 24.7 Å². The van der Waals surface area contributed by atoms with Crippen LogP contribution in [0.4, 0.5) is 0 Å². The summed E-state index contributed by atoms with van der Waals surface area (Å²) in [5.74, 6) is -0.0442. The van der Waals surface area contributed by atoms with Gasteiger partial charge in [0.25, 0.3) is 0 Å². The summed E-state index contributed by atoms with van der Waals surface area (Å²) in [6.07, 6.45) is 0.0397. The van der Waals surface area contributed by atoms with Gasteiger partial charge in [-0.25, -0.2) is 0 Å². The number of carbonyl (C=O) groups is 1. The minimum Gasteiger partial charge on any atom is -0.508 e. The van der Waals surface area contributed by atoms with Crippen molar-refractivity contribution in [2.45, 2.75) is 44.9 Å². The Morgan fingerprint density at radius 3 is 2.12 bits per heavy atom. The molecule has 4 aromatic carbocycles. The van der Waals surface area contributed by atoms with Crippen molar-refractivity contribution in [3.63, 3.8) is 0 Å². The van der Waals surface area contributed by atoms with Gasteiger partial charge in [0.15, 0.2) is 0 Å². The molecule has 0 aliphatic carbocycles. The average Bonchev–Trinajstić information content (AvgIpc) is 2.90. The van der Waals surface area contributed by atoms with Crippen molar-refractivity contribution >= 4 is 5.91 Å². The molecule has 0 fully saturated rings. The molecule has 1 amide bonds. The van der Waals surface area contributed by atoms with E-state index in [4.69, 9.17) is 0 Å². The Hall–Kier alpha value is -4.33. The van der Waals surface area contributed by atoms with E-state index < -0.39 is 6.10 Å². The Bertz CT molecular complexity index is 1430. The van der Waals surface area contributed by atoms with Crippen molar-refractivity contribution < 1.29 is 25.2 Å². The fourth-order valence-corrected chi connectivity index (χ4v) is 4.69. The maximum Gasteiger partial charge on any atom is 0.224 e. The van der Waals surface area contributed by atoms with E-state index in [0.29, 0.717) is 18.5 Å². The van der Waals surface area contributed by atoms with E-state index in [2.05, 4.69) is 10.6 Å². The SMILES string of the molecule is CC(C)(Cc1cccc(CC(=O)NCc2cccc(-c3ccc(O)cc3)c2)c1)NCC(O)c1cc(O)cc(O)c1. The highest BCUT2D eigenvalue weighted by Crippen LogP contribution is 2.26. The first-order valence-corrected chi connectivity index (χ1v) is 13.3. The Kier molecular flexibility index (Phi) is 9.09. The van der Waals surface area contributed by atoms with Crippen LogP contribution in [0.3, 0.4) is 0 Å². The van der Waals surface area contributed by atoms with Gasteiger partial charge in [-0.1, -0.05) is 54.6 Å². The molecule has 0 aromatic heterocycles. The first-order chi connectivity index (χ1) is 19.1. The van der Waals surface area contributed by atoms with Crippen molar-refractivity contribution in [2.75, 3.05) is 6.54 Å². The number of aliphatic hydroxyl groups is 1. The second-order valence-corrected chi connectivity index (χ2v) is 10.8. The predicted octanol–water partition coefficient (Wildman–Crippen LogP) is 4.97. The van der Waals surface area contributed by atoms with E-state index in [1.807, 2.05) is 74.5 Å². The summed E-state index contributed by atoms with van der Waals surface area (Å²) >= 11 is 0. The maximum absolute atomic E-state index is 12.7. The van der Waals surface area contributed by atoms with Crippen molar-refractivity contribution in [3.8, 4) is 28.4 Å². The number of hydrogen-bond acceptors (Lipinski definition) is 6.